The first-order valence-electron chi connectivity index (χ1n) is 6.87. The van der Waals surface area contributed by atoms with Gasteiger partial charge in [-0.25, -0.2) is 9.59 Å². The number of hydrogen-bond acceptors (Lipinski definition) is 5. The second kappa shape index (κ2) is 6.05. The molecule has 0 aromatic carbocycles. The van der Waals surface area contributed by atoms with E-state index in [0.29, 0.717) is 11.1 Å². The average molecular weight is 302 g/mol. The van der Waals surface area contributed by atoms with Crippen LogP contribution < -0.4 is 0 Å². The minimum Gasteiger partial charge on any atom is -0.506 e. The average Bonchev–Trinajstić information content (AvgIpc) is 2.64. The molecule has 0 radical (unpaired) electrons. The number of esters is 2. The molecule has 0 saturated carbocycles. The molecule has 5 nitrogen and oxygen atoms in total. The van der Waals surface area contributed by atoms with E-state index in [2.05, 4.69) is 0 Å². The topological polar surface area (TPSA) is 72.8 Å². The first-order chi connectivity index (χ1) is 10.4. The summed E-state index contributed by atoms with van der Waals surface area (Å²) < 4.78 is 9.42. The largest absolute Gasteiger partial charge is 0.506 e. The maximum atomic E-state index is 12.0. The van der Waals surface area contributed by atoms with Gasteiger partial charge in [-0.1, -0.05) is 38.1 Å². The molecule has 22 heavy (non-hydrogen) atoms. The lowest BCUT2D eigenvalue weighted by Gasteiger charge is -2.01. The van der Waals surface area contributed by atoms with Crippen LogP contribution in [0.4, 0.5) is 0 Å². The Morgan fingerprint density at radius 1 is 0.909 bits per heavy atom. The fraction of sp³-hybridized carbons (Fsp3) is 0.294. The Kier molecular flexibility index (Phi) is 4.35. The lowest BCUT2D eigenvalue weighted by molar-refractivity contribution is 0.0598. The summed E-state index contributed by atoms with van der Waals surface area (Å²) in [5.41, 5.74) is 1.91. The van der Waals surface area contributed by atoms with E-state index in [-0.39, 0.29) is 17.0 Å². The standard InChI is InChI=1S/C17H18O5/c1-9(2)10-5-7-11-12(8-6-10)14(17(20)22-4)15(18)13(11)16(19)21-3/h5-9,18H,1-4H3. The molecule has 0 bridgehead atoms. The predicted octanol–water partition coefficient (Wildman–Crippen LogP) is 3.19. The van der Waals surface area contributed by atoms with Crippen LogP contribution in [0.15, 0.2) is 24.3 Å². The normalized spacial score (nSPS) is 10.8. The highest BCUT2D eigenvalue weighted by Crippen LogP contribution is 2.42. The van der Waals surface area contributed by atoms with Gasteiger partial charge in [-0.15, -0.1) is 0 Å². The van der Waals surface area contributed by atoms with Gasteiger partial charge < -0.3 is 14.6 Å². The molecule has 1 N–H and O–H groups in total. The maximum Gasteiger partial charge on any atom is 0.342 e. The molecule has 2 rings (SSSR count). The summed E-state index contributed by atoms with van der Waals surface area (Å²) in [6.07, 6.45) is 0. The van der Waals surface area contributed by atoms with Crippen molar-refractivity contribution in [2.45, 2.75) is 19.8 Å². The van der Waals surface area contributed by atoms with E-state index in [4.69, 9.17) is 9.47 Å². The second-order valence-electron chi connectivity index (χ2n) is 5.23. The van der Waals surface area contributed by atoms with Gasteiger partial charge in [0.05, 0.1) is 14.2 Å². The number of carbonyl (C=O) groups excluding carboxylic acids is 2. The molecular formula is C17H18O5. The summed E-state index contributed by atoms with van der Waals surface area (Å²) in [6.45, 7) is 4.08. The van der Waals surface area contributed by atoms with Crippen LogP contribution in [0.3, 0.4) is 0 Å². The minimum atomic E-state index is -0.699. The van der Waals surface area contributed by atoms with Gasteiger partial charge in [0.25, 0.3) is 0 Å². The highest BCUT2D eigenvalue weighted by molar-refractivity contribution is 6.12. The van der Waals surface area contributed by atoms with Crippen LogP contribution in [-0.4, -0.2) is 31.3 Å². The minimum absolute atomic E-state index is 0.0243. The van der Waals surface area contributed by atoms with Gasteiger partial charge in [-0.05, 0) is 11.5 Å². The zero-order valence-electron chi connectivity index (χ0n) is 13.0. The molecule has 0 heterocycles. The summed E-state index contributed by atoms with van der Waals surface area (Å²) in [4.78, 5) is 23.9. The van der Waals surface area contributed by atoms with Crippen LogP contribution in [0, 0.1) is 0 Å². The summed E-state index contributed by atoms with van der Waals surface area (Å²) in [5.74, 6) is -1.52. The van der Waals surface area contributed by atoms with Crippen molar-refractivity contribution in [3.8, 4) is 16.9 Å². The molecule has 0 aromatic heterocycles. The first-order valence-corrected chi connectivity index (χ1v) is 6.87. The Bertz CT molecular complexity index is 649. The van der Waals surface area contributed by atoms with E-state index in [1.54, 1.807) is 12.1 Å². The van der Waals surface area contributed by atoms with Crippen molar-refractivity contribution in [1.82, 2.24) is 0 Å². The molecular weight excluding hydrogens is 284 g/mol. The van der Waals surface area contributed by atoms with Gasteiger partial charge in [-0.2, -0.15) is 0 Å². The van der Waals surface area contributed by atoms with Crippen LogP contribution in [0.25, 0.3) is 11.1 Å². The molecule has 0 aromatic rings. The van der Waals surface area contributed by atoms with Crippen molar-refractivity contribution in [2.75, 3.05) is 14.2 Å². The van der Waals surface area contributed by atoms with Crippen LogP contribution in [0.2, 0.25) is 0 Å². The molecule has 0 amide bonds. The SMILES string of the molecule is COC(=O)c1c2ccc(C(C)C)ccc-2c(C(=O)OC)c1O. The molecule has 116 valence electrons. The summed E-state index contributed by atoms with van der Waals surface area (Å²) in [7, 11) is 2.45. The Labute approximate surface area is 128 Å². The van der Waals surface area contributed by atoms with Crippen molar-refractivity contribution in [2.24, 2.45) is 0 Å². The third-order valence-corrected chi connectivity index (χ3v) is 3.63. The van der Waals surface area contributed by atoms with Crippen LogP contribution in [-0.2, 0) is 9.47 Å². The highest BCUT2D eigenvalue weighted by Gasteiger charge is 2.31. The molecule has 0 spiro atoms. The zero-order valence-corrected chi connectivity index (χ0v) is 13.0. The van der Waals surface area contributed by atoms with E-state index >= 15 is 0 Å². The summed E-state index contributed by atoms with van der Waals surface area (Å²) in [5, 5.41) is 10.3. The Hall–Kier alpha value is -2.56. The van der Waals surface area contributed by atoms with Crippen molar-refractivity contribution >= 4 is 11.9 Å². The van der Waals surface area contributed by atoms with Gasteiger partial charge in [0.1, 0.15) is 16.9 Å². The first kappa shape index (κ1) is 15.8. The number of rotatable bonds is 3. The molecule has 0 saturated heterocycles. The number of methoxy groups -OCH3 is 2. The number of carbonyl (C=O) groups is 2. The van der Waals surface area contributed by atoms with E-state index in [9.17, 15) is 14.7 Å². The molecule has 2 aliphatic rings. The van der Waals surface area contributed by atoms with E-state index in [1.165, 1.54) is 14.2 Å². The van der Waals surface area contributed by atoms with Gasteiger partial charge in [0.15, 0.2) is 0 Å². The second-order valence-corrected chi connectivity index (χ2v) is 5.23. The quantitative estimate of drug-likeness (QED) is 0.881. The number of aromatic hydroxyl groups is 1. The predicted molar refractivity (Wildman–Crippen MR) is 81.5 cm³/mol. The summed E-state index contributed by atoms with van der Waals surface area (Å²) >= 11 is 0. The Morgan fingerprint density at radius 2 is 1.32 bits per heavy atom. The zero-order chi connectivity index (χ0) is 16.4. The van der Waals surface area contributed by atoms with Crippen LogP contribution in [0.1, 0.15) is 46.0 Å². The fourth-order valence-electron chi connectivity index (χ4n) is 2.41. The molecule has 5 heteroatoms. The third-order valence-electron chi connectivity index (χ3n) is 3.63. The monoisotopic (exact) mass is 302 g/mol. The van der Waals surface area contributed by atoms with Crippen molar-refractivity contribution in [1.29, 1.82) is 0 Å². The van der Waals surface area contributed by atoms with E-state index in [1.807, 2.05) is 26.0 Å². The van der Waals surface area contributed by atoms with Crippen molar-refractivity contribution < 1.29 is 24.2 Å². The van der Waals surface area contributed by atoms with E-state index < -0.39 is 17.7 Å². The Morgan fingerprint density at radius 3 is 1.64 bits per heavy atom. The lowest BCUT2D eigenvalue weighted by Crippen LogP contribution is -2.02. The highest BCUT2D eigenvalue weighted by atomic mass is 16.5. The third kappa shape index (κ3) is 2.50. The van der Waals surface area contributed by atoms with Crippen molar-refractivity contribution in [3.05, 3.63) is 41.0 Å². The smallest absolute Gasteiger partial charge is 0.342 e. The number of hydrogen-bond donors (Lipinski definition) is 1. The van der Waals surface area contributed by atoms with Gasteiger partial charge in [0, 0.05) is 11.1 Å². The summed E-state index contributed by atoms with van der Waals surface area (Å²) in [6, 6.07) is 7.14. The number of ether oxygens (including phenoxy) is 2. The van der Waals surface area contributed by atoms with E-state index in [0.717, 1.165) is 5.56 Å². The number of fused-ring (bicyclic) bond motifs is 1. The van der Waals surface area contributed by atoms with Gasteiger partial charge >= 0.3 is 11.9 Å². The Balaban J connectivity index is 2.82. The molecule has 0 unspecified atom stereocenters. The lowest BCUT2D eigenvalue weighted by atomic mass is 10.1. The van der Waals surface area contributed by atoms with Crippen molar-refractivity contribution in [3.63, 3.8) is 0 Å². The van der Waals surface area contributed by atoms with Gasteiger partial charge in [-0.3, -0.25) is 0 Å². The molecule has 0 aliphatic heterocycles. The fourth-order valence-corrected chi connectivity index (χ4v) is 2.41. The molecule has 0 fully saturated rings. The van der Waals surface area contributed by atoms with Crippen LogP contribution in [0.5, 0.6) is 5.75 Å². The maximum absolute atomic E-state index is 12.0. The van der Waals surface area contributed by atoms with Crippen LogP contribution >= 0.6 is 0 Å². The van der Waals surface area contributed by atoms with Gasteiger partial charge in [0.2, 0.25) is 0 Å². The molecule has 2 aliphatic carbocycles. The molecule has 0 atom stereocenters.